The molecule has 8 heteroatoms. The second-order valence-electron chi connectivity index (χ2n) is 5.03. The fraction of sp³-hybridized carbons (Fsp3) is 0.125. The standard InChI is InChI=1S/C16H14ClN5O2/c17-13-6-7-14(21-20-13)22-16(24)12(10-19-22)8-9-18-15(23)11-4-2-1-3-5-11/h1-7,10,19H,8-9H2,(H,18,23). The van der Waals surface area contributed by atoms with E-state index in [0.717, 1.165) is 0 Å². The number of halogens is 1. The van der Waals surface area contributed by atoms with E-state index in [1.54, 1.807) is 42.6 Å². The van der Waals surface area contributed by atoms with Crippen LogP contribution in [0.15, 0.2) is 53.5 Å². The van der Waals surface area contributed by atoms with Crippen LogP contribution in [0.2, 0.25) is 5.15 Å². The fourth-order valence-corrected chi connectivity index (χ4v) is 2.29. The van der Waals surface area contributed by atoms with E-state index in [4.69, 9.17) is 11.6 Å². The van der Waals surface area contributed by atoms with Crippen LogP contribution in [-0.4, -0.2) is 32.4 Å². The number of carbonyl (C=O) groups excluding carboxylic acids is 1. The summed E-state index contributed by atoms with van der Waals surface area (Å²) in [6, 6.07) is 12.1. The van der Waals surface area contributed by atoms with Crippen molar-refractivity contribution in [2.45, 2.75) is 6.42 Å². The Kier molecular flexibility index (Phi) is 4.72. The lowest BCUT2D eigenvalue weighted by molar-refractivity contribution is 0.0954. The zero-order valence-electron chi connectivity index (χ0n) is 12.6. The maximum atomic E-state index is 12.3. The number of rotatable bonds is 5. The van der Waals surface area contributed by atoms with Gasteiger partial charge in [0.2, 0.25) is 0 Å². The number of hydrogen-bond acceptors (Lipinski definition) is 4. The summed E-state index contributed by atoms with van der Waals surface area (Å²) >= 11 is 5.68. The van der Waals surface area contributed by atoms with Gasteiger partial charge in [-0.05, 0) is 30.7 Å². The molecule has 24 heavy (non-hydrogen) atoms. The fourth-order valence-electron chi connectivity index (χ4n) is 2.19. The molecule has 0 aliphatic carbocycles. The number of benzene rings is 1. The lowest BCUT2D eigenvalue weighted by Crippen LogP contribution is -2.27. The normalized spacial score (nSPS) is 10.5. The molecule has 0 saturated heterocycles. The van der Waals surface area contributed by atoms with Crippen LogP contribution in [0, 0.1) is 0 Å². The van der Waals surface area contributed by atoms with Crippen molar-refractivity contribution in [1.82, 2.24) is 25.3 Å². The Balaban J connectivity index is 1.64. The molecule has 3 aromatic rings. The van der Waals surface area contributed by atoms with Crippen molar-refractivity contribution in [1.29, 1.82) is 0 Å². The number of aromatic nitrogens is 4. The summed E-state index contributed by atoms with van der Waals surface area (Å²) in [4.78, 5) is 24.3. The monoisotopic (exact) mass is 343 g/mol. The summed E-state index contributed by atoms with van der Waals surface area (Å²) < 4.78 is 1.28. The molecule has 1 amide bonds. The molecule has 0 saturated carbocycles. The maximum Gasteiger partial charge on any atom is 0.275 e. The molecule has 1 aromatic carbocycles. The highest BCUT2D eigenvalue weighted by molar-refractivity contribution is 6.29. The largest absolute Gasteiger partial charge is 0.352 e. The minimum absolute atomic E-state index is 0.171. The first-order valence-corrected chi connectivity index (χ1v) is 7.65. The predicted octanol–water partition coefficient (Wildman–Crippen LogP) is 1.58. The lowest BCUT2D eigenvalue weighted by atomic mass is 10.2. The van der Waals surface area contributed by atoms with Gasteiger partial charge in [0.15, 0.2) is 11.0 Å². The molecule has 2 N–H and O–H groups in total. The van der Waals surface area contributed by atoms with Crippen molar-refractivity contribution in [3.63, 3.8) is 0 Å². The van der Waals surface area contributed by atoms with Crippen LogP contribution in [0.5, 0.6) is 0 Å². The van der Waals surface area contributed by atoms with Gasteiger partial charge in [0.1, 0.15) is 0 Å². The zero-order chi connectivity index (χ0) is 16.9. The van der Waals surface area contributed by atoms with Gasteiger partial charge in [-0.2, -0.15) is 4.68 Å². The number of carbonyl (C=O) groups is 1. The van der Waals surface area contributed by atoms with Crippen molar-refractivity contribution < 1.29 is 4.79 Å². The molecular weight excluding hydrogens is 330 g/mol. The number of nitrogens with one attached hydrogen (secondary N) is 2. The van der Waals surface area contributed by atoms with Gasteiger partial charge in [-0.3, -0.25) is 14.7 Å². The van der Waals surface area contributed by atoms with Crippen molar-refractivity contribution in [2.75, 3.05) is 6.54 Å². The van der Waals surface area contributed by atoms with Crippen LogP contribution in [0.25, 0.3) is 5.82 Å². The van der Waals surface area contributed by atoms with Crippen molar-refractivity contribution in [2.24, 2.45) is 0 Å². The number of H-pyrrole nitrogens is 1. The number of hydrogen-bond donors (Lipinski definition) is 2. The van der Waals surface area contributed by atoms with Crippen molar-refractivity contribution >= 4 is 17.5 Å². The highest BCUT2D eigenvalue weighted by atomic mass is 35.5. The molecule has 0 bridgehead atoms. The summed E-state index contributed by atoms with van der Waals surface area (Å²) in [7, 11) is 0. The van der Waals surface area contributed by atoms with E-state index in [9.17, 15) is 9.59 Å². The minimum atomic E-state index is -0.236. The van der Waals surface area contributed by atoms with Gasteiger partial charge in [0.05, 0.1) is 0 Å². The van der Waals surface area contributed by atoms with Gasteiger partial charge in [-0.1, -0.05) is 29.8 Å². The Morgan fingerprint density at radius 3 is 2.67 bits per heavy atom. The van der Waals surface area contributed by atoms with Crippen LogP contribution in [-0.2, 0) is 6.42 Å². The van der Waals surface area contributed by atoms with Gasteiger partial charge < -0.3 is 5.32 Å². The summed E-state index contributed by atoms with van der Waals surface area (Å²) in [5, 5.41) is 13.4. The van der Waals surface area contributed by atoms with Gasteiger partial charge >= 0.3 is 0 Å². The van der Waals surface area contributed by atoms with E-state index in [1.165, 1.54) is 4.68 Å². The smallest absolute Gasteiger partial charge is 0.275 e. The van der Waals surface area contributed by atoms with E-state index in [0.29, 0.717) is 29.9 Å². The molecule has 2 aromatic heterocycles. The Morgan fingerprint density at radius 1 is 1.17 bits per heavy atom. The molecule has 0 spiro atoms. The van der Waals surface area contributed by atoms with E-state index < -0.39 is 0 Å². The van der Waals surface area contributed by atoms with Crippen LogP contribution in [0.3, 0.4) is 0 Å². The first kappa shape index (κ1) is 15.9. The van der Waals surface area contributed by atoms with Crippen molar-refractivity contribution in [3.05, 3.63) is 75.3 Å². The molecule has 0 radical (unpaired) electrons. The highest BCUT2D eigenvalue weighted by Crippen LogP contribution is 2.05. The maximum absolute atomic E-state index is 12.3. The third-order valence-corrected chi connectivity index (χ3v) is 3.61. The average Bonchev–Trinajstić information content (AvgIpc) is 2.97. The molecule has 122 valence electrons. The van der Waals surface area contributed by atoms with E-state index in [1.807, 2.05) is 6.07 Å². The van der Waals surface area contributed by atoms with Crippen LogP contribution in [0.1, 0.15) is 15.9 Å². The third kappa shape index (κ3) is 3.52. The third-order valence-electron chi connectivity index (χ3n) is 3.41. The predicted molar refractivity (Wildman–Crippen MR) is 89.5 cm³/mol. The van der Waals surface area contributed by atoms with Gasteiger partial charge in [0, 0.05) is 23.9 Å². The Hall–Kier alpha value is -2.93. The number of aromatic amines is 1. The van der Waals surface area contributed by atoms with Crippen LogP contribution in [0.4, 0.5) is 0 Å². The van der Waals surface area contributed by atoms with E-state index in [-0.39, 0.29) is 16.6 Å². The molecule has 0 atom stereocenters. The second-order valence-corrected chi connectivity index (χ2v) is 5.41. The zero-order valence-corrected chi connectivity index (χ0v) is 13.3. The topological polar surface area (TPSA) is 92.7 Å². The van der Waals surface area contributed by atoms with E-state index in [2.05, 4.69) is 20.6 Å². The molecule has 0 aliphatic heterocycles. The van der Waals surface area contributed by atoms with Gasteiger partial charge in [-0.25, -0.2) is 0 Å². The first-order valence-electron chi connectivity index (χ1n) is 7.27. The first-order chi connectivity index (χ1) is 11.6. The Labute approximate surface area is 142 Å². The van der Waals surface area contributed by atoms with Gasteiger partial charge in [0.25, 0.3) is 11.5 Å². The van der Waals surface area contributed by atoms with Crippen molar-refractivity contribution in [3.8, 4) is 5.82 Å². The molecule has 2 heterocycles. The Morgan fingerprint density at radius 2 is 1.96 bits per heavy atom. The quantitative estimate of drug-likeness (QED) is 0.735. The number of amides is 1. The lowest BCUT2D eigenvalue weighted by Gasteiger charge is -2.03. The molecule has 0 aliphatic rings. The average molecular weight is 344 g/mol. The summed E-state index contributed by atoms with van der Waals surface area (Å²) in [5.41, 5.74) is 0.890. The summed E-state index contributed by atoms with van der Waals surface area (Å²) in [5.74, 6) is 0.180. The molecule has 0 unspecified atom stereocenters. The molecule has 0 fully saturated rings. The van der Waals surface area contributed by atoms with E-state index >= 15 is 0 Å². The van der Waals surface area contributed by atoms with Crippen LogP contribution < -0.4 is 10.9 Å². The van der Waals surface area contributed by atoms with Crippen LogP contribution >= 0.6 is 11.6 Å². The molecular formula is C16H14ClN5O2. The summed E-state index contributed by atoms with van der Waals surface area (Å²) in [6.07, 6.45) is 2.00. The summed E-state index contributed by atoms with van der Waals surface area (Å²) in [6.45, 7) is 0.354. The SMILES string of the molecule is O=C(NCCc1c[nH]n(-c2ccc(Cl)nn2)c1=O)c1ccccc1. The Bertz CT molecular complexity index is 887. The minimum Gasteiger partial charge on any atom is -0.352 e. The van der Waals surface area contributed by atoms with Gasteiger partial charge in [-0.15, -0.1) is 10.2 Å². The number of nitrogens with zero attached hydrogens (tertiary/aromatic N) is 3. The second kappa shape index (κ2) is 7.10. The molecule has 7 nitrogen and oxygen atoms in total. The highest BCUT2D eigenvalue weighted by Gasteiger charge is 2.10. The molecule has 3 rings (SSSR count).